The lowest BCUT2D eigenvalue weighted by molar-refractivity contribution is -0.122. The van der Waals surface area contributed by atoms with Crippen LogP contribution in [0.5, 0.6) is 5.75 Å². The molecule has 0 radical (unpaired) electrons. The first-order valence-corrected chi connectivity index (χ1v) is 6.76. The van der Waals surface area contributed by atoms with E-state index in [0.29, 0.717) is 36.4 Å². The van der Waals surface area contributed by atoms with Crippen molar-refractivity contribution in [2.75, 3.05) is 18.5 Å². The van der Waals surface area contributed by atoms with Crippen LogP contribution < -0.4 is 20.7 Å². The molecule has 0 aliphatic carbocycles. The highest BCUT2D eigenvalue weighted by Crippen LogP contribution is 2.28. The molecular formula is C14H15N3O4. The molecule has 1 aromatic carbocycles. The summed E-state index contributed by atoms with van der Waals surface area (Å²) in [4.78, 5) is 34.4. The summed E-state index contributed by atoms with van der Waals surface area (Å²) >= 11 is 0. The molecule has 3 N–H and O–H groups in total. The fraction of sp³-hybridized carbons (Fsp3) is 0.357. The van der Waals surface area contributed by atoms with Crippen molar-refractivity contribution in [3.8, 4) is 5.75 Å². The van der Waals surface area contributed by atoms with E-state index < -0.39 is 0 Å². The Morgan fingerprint density at radius 1 is 1.29 bits per heavy atom. The highest BCUT2D eigenvalue weighted by molar-refractivity contribution is 5.99. The van der Waals surface area contributed by atoms with Gasteiger partial charge in [0.2, 0.25) is 5.91 Å². The molecule has 2 heterocycles. The maximum atomic E-state index is 12.2. The molecule has 1 unspecified atom stereocenters. The molecule has 1 atom stereocenters. The first-order chi connectivity index (χ1) is 10.1. The van der Waals surface area contributed by atoms with Crippen LogP contribution in [0.15, 0.2) is 18.2 Å². The molecule has 7 heteroatoms. The molecule has 0 aromatic heterocycles. The van der Waals surface area contributed by atoms with Crippen molar-refractivity contribution in [2.24, 2.45) is 0 Å². The second kappa shape index (κ2) is 5.43. The number of anilines is 1. The van der Waals surface area contributed by atoms with Crippen molar-refractivity contribution in [2.45, 2.75) is 18.9 Å². The van der Waals surface area contributed by atoms with Gasteiger partial charge in [-0.25, -0.2) is 0 Å². The maximum absolute atomic E-state index is 12.2. The Hall–Kier alpha value is -2.57. The van der Waals surface area contributed by atoms with Crippen molar-refractivity contribution < 1.29 is 19.1 Å². The van der Waals surface area contributed by atoms with Gasteiger partial charge in [-0.1, -0.05) is 0 Å². The van der Waals surface area contributed by atoms with E-state index >= 15 is 0 Å². The van der Waals surface area contributed by atoms with Crippen LogP contribution in [0.2, 0.25) is 0 Å². The monoisotopic (exact) mass is 289 g/mol. The second-order valence-electron chi connectivity index (χ2n) is 5.06. The third-order valence-electron chi connectivity index (χ3n) is 3.48. The predicted molar refractivity (Wildman–Crippen MR) is 74.1 cm³/mol. The Labute approximate surface area is 121 Å². The van der Waals surface area contributed by atoms with Crippen LogP contribution in [-0.2, 0) is 9.59 Å². The Balaban J connectivity index is 1.67. The third-order valence-corrected chi connectivity index (χ3v) is 3.48. The number of rotatable bonds is 2. The van der Waals surface area contributed by atoms with Gasteiger partial charge in [0.05, 0.1) is 5.69 Å². The van der Waals surface area contributed by atoms with E-state index in [0.717, 1.165) is 0 Å². The first kappa shape index (κ1) is 13.4. The molecule has 21 heavy (non-hydrogen) atoms. The van der Waals surface area contributed by atoms with Crippen LogP contribution in [-0.4, -0.2) is 36.9 Å². The standard InChI is InChI=1S/C14H15N3O4/c18-12-4-2-9(6-15-12)16-14(20)8-1-3-10-11(5-8)21-7-13(19)17-10/h1,3,5,9H,2,4,6-7H2,(H,15,18)(H,16,20)(H,17,19). The second-order valence-corrected chi connectivity index (χ2v) is 5.06. The zero-order valence-electron chi connectivity index (χ0n) is 11.3. The normalized spacial score (nSPS) is 20.7. The molecule has 0 saturated carbocycles. The average Bonchev–Trinajstić information content (AvgIpc) is 2.49. The SMILES string of the molecule is O=C1CCC(NC(=O)c2ccc3c(c2)OCC(=O)N3)CN1. The number of fused-ring (bicyclic) bond motifs is 1. The van der Waals surface area contributed by atoms with E-state index in [1.807, 2.05) is 0 Å². The van der Waals surface area contributed by atoms with Gasteiger partial charge < -0.3 is 20.7 Å². The molecule has 1 fully saturated rings. The van der Waals surface area contributed by atoms with E-state index in [-0.39, 0.29) is 30.4 Å². The highest BCUT2D eigenvalue weighted by atomic mass is 16.5. The topological polar surface area (TPSA) is 96.5 Å². The number of hydrogen-bond donors (Lipinski definition) is 3. The molecule has 2 aliphatic rings. The van der Waals surface area contributed by atoms with E-state index in [4.69, 9.17) is 4.74 Å². The third kappa shape index (κ3) is 2.96. The lowest BCUT2D eigenvalue weighted by atomic mass is 10.1. The summed E-state index contributed by atoms with van der Waals surface area (Å²) in [5, 5.41) is 8.26. The van der Waals surface area contributed by atoms with Gasteiger partial charge in [0, 0.05) is 24.6 Å². The van der Waals surface area contributed by atoms with Crippen LogP contribution in [0.1, 0.15) is 23.2 Å². The number of carbonyl (C=O) groups is 3. The van der Waals surface area contributed by atoms with Crippen molar-refractivity contribution in [1.82, 2.24) is 10.6 Å². The summed E-state index contributed by atoms with van der Waals surface area (Å²) in [7, 11) is 0. The first-order valence-electron chi connectivity index (χ1n) is 6.76. The van der Waals surface area contributed by atoms with Crippen molar-refractivity contribution in [3.63, 3.8) is 0 Å². The minimum atomic E-state index is -0.223. The van der Waals surface area contributed by atoms with Crippen molar-refractivity contribution >= 4 is 23.4 Å². The van der Waals surface area contributed by atoms with E-state index in [1.165, 1.54) is 0 Å². The maximum Gasteiger partial charge on any atom is 0.262 e. The summed E-state index contributed by atoms with van der Waals surface area (Å²) in [6, 6.07) is 4.81. The van der Waals surface area contributed by atoms with Gasteiger partial charge in [0.15, 0.2) is 6.61 Å². The highest BCUT2D eigenvalue weighted by Gasteiger charge is 2.22. The van der Waals surface area contributed by atoms with Gasteiger partial charge in [-0.3, -0.25) is 14.4 Å². The minimum absolute atomic E-state index is 0.0124. The van der Waals surface area contributed by atoms with E-state index in [9.17, 15) is 14.4 Å². The quantitative estimate of drug-likeness (QED) is 0.715. The fourth-order valence-corrected chi connectivity index (χ4v) is 2.34. The summed E-state index contributed by atoms with van der Waals surface area (Å²) in [6.45, 7) is 0.398. The summed E-state index contributed by atoms with van der Waals surface area (Å²) in [6.07, 6.45) is 1.05. The Morgan fingerprint density at radius 3 is 2.90 bits per heavy atom. The van der Waals surface area contributed by atoms with Crippen molar-refractivity contribution in [3.05, 3.63) is 23.8 Å². The zero-order valence-corrected chi connectivity index (χ0v) is 11.3. The minimum Gasteiger partial charge on any atom is -0.482 e. The predicted octanol–water partition coefficient (Wildman–Crippen LogP) is 0.0259. The Bertz CT molecular complexity index is 604. The number of piperidine rings is 1. The fourth-order valence-electron chi connectivity index (χ4n) is 2.34. The summed E-state index contributed by atoms with van der Waals surface area (Å²) < 4.78 is 5.28. The molecule has 0 bridgehead atoms. The van der Waals surface area contributed by atoms with Crippen LogP contribution in [0.4, 0.5) is 5.69 Å². The summed E-state index contributed by atoms with van der Waals surface area (Å²) in [5.74, 6) is 0.0646. The Kier molecular flexibility index (Phi) is 3.47. The number of carbonyl (C=O) groups excluding carboxylic acids is 3. The number of ether oxygens (including phenoxy) is 1. The molecule has 0 spiro atoms. The average molecular weight is 289 g/mol. The van der Waals surface area contributed by atoms with Gasteiger partial charge in [-0.2, -0.15) is 0 Å². The molecule has 1 aromatic rings. The van der Waals surface area contributed by atoms with Gasteiger partial charge in [0.25, 0.3) is 11.8 Å². The number of nitrogens with one attached hydrogen (secondary N) is 3. The van der Waals surface area contributed by atoms with Gasteiger partial charge in [-0.05, 0) is 24.6 Å². The molecule has 110 valence electrons. The van der Waals surface area contributed by atoms with E-state index in [1.54, 1.807) is 18.2 Å². The van der Waals surface area contributed by atoms with Crippen LogP contribution in [0, 0.1) is 0 Å². The lowest BCUT2D eigenvalue weighted by Gasteiger charge is -2.24. The van der Waals surface area contributed by atoms with E-state index in [2.05, 4.69) is 16.0 Å². The number of hydrogen-bond acceptors (Lipinski definition) is 4. The molecular weight excluding hydrogens is 274 g/mol. The lowest BCUT2D eigenvalue weighted by Crippen LogP contribution is -2.47. The molecule has 1 saturated heterocycles. The molecule has 3 rings (SSSR count). The summed E-state index contributed by atoms with van der Waals surface area (Å²) in [5.41, 5.74) is 1.02. The van der Waals surface area contributed by atoms with Crippen LogP contribution in [0.25, 0.3) is 0 Å². The van der Waals surface area contributed by atoms with Gasteiger partial charge >= 0.3 is 0 Å². The smallest absolute Gasteiger partial charge is 0.262 e. The van der Waals surface area contributed by atoms with Gasteiger partial charge in [-0.15, -0.1) is 0 Å². The zero-order chi connectivity index (χ0) is 14.8. The van der Waals surface area contributed by atoms with Gasteiger partial charge in [0.1, 0.15) is 5.75 Å². The number of benzene rings is 1. The molecule has 2 aliphatic heterocycles. The largest absolute Gasteiger partial charge is 0.482 e. The molecule has 7 nitrogen and oxygen atoms in total. The molecule has 3 amide bonds. The van der Waals surface area contributed by atoms with Crippen molar-refractivity contribution in [1.29, 1.82) is 0 Å². The Morgan fingerprint density at radius 2 is 2.14 bits per heavy atom. The van der Waals surface area contributed by atoms with Crippen LogP contribution >= 0.6 is 0 Å². The van der Waals surface area contributed by atoms with Crippen LogP contribution in [0.3, 0.4) is 0 Å². The number of amides is 3.